The summed E-state index contributed by atoms with van der Waals surface area (Å²) >= 11 is 0. The lowest BCUT2D eigenvalue weighted by atomic mass is 10.0. The Kier molecular flexibility index (Phi) is 7.25. The lowest BCUT2D eigenvalue weighted by molar-refractivity contribution is 0.0701. The number of aromatic nitrogens is 1. The zero-order chi connectivity index (χ0) is 18.9. The highest BCUT2D eigenvalue weighted by molar-refractivity contribution is 7.86. The minimum absolute atomic E-state index is 0.0190. The zero-order valence-corrected chi connectivity index (χ0v) is 15.4. The minimum atomic E-state index is -1.51. The third-order valence-electron chi connectivity index (χ3n) is 3.62. The third kappa shape index (κ3) is 4.87. The molecule has 0 saturated carbocycles. The first-order valence-electron chi connectivity index (χ1n) is 8.02. The molecule has 0 radical (unpaired) electrons. The lowest BCUT2D eigenvalue weighted by Gasteiger charge is -2.19. The van der Waals surface area contributed by atoms with E-state index in [-0.39, 0.29) is 10.9 Å². The van der Waals surface area contributed by atoms with Crippen LogP contribution in [0.4, 0.5) is 5.69 Å². The summed E-state index contributed by atoms with van der Waals surface area (Å²) in [5.41, 5.74) is 3.83. The van der Waals surface area contributed by atoms with E-state index in [1.54, 1.807) is 6.07 Å². The Morgan fingerprint density at radius 3 is 2.58 bits per heavy atom. The number of hydrogen-bond acceptors (Lipinski definition) is 4. The van der Waals surface area contributed by atoms with Gasteiger partial charge in [0.15, 0.2) is 0 Å². The molecule has 0 aliphatic rings. The molecule has 1 amide bonds. The summed E-state index contributed by atoms with van der Waals surface area (Å²) in [7, 11) is -1.51. The monoisotopic (exact) mass is 371 g/mol. The summed E-state index contributed by atoms with van der Waals surface area (Å²) in [6.45, 7) is 3.81. The van der Waals surface area contributed by atoms with Crippen LogP contribution in [0.1, 0.15) is 35.1 Å². The molecule has 2 rings (SSSR count). The molecule has 2 atom stereocenters. The summed E-state index contributed by atoms with van der Waals surface area (Å²) in [6.07, 6.45) is 7.16. The van der Waals surface area contributed by atoms with E-state index >= 15 is 0 Å². The van der Waals surface area contributed by atoms with Crippen LogP contribution in [0.2, 0.25) is 0 Å². The van der Waals surface area contributed by atoms with E-state index in [1.807, 2.05) is 62.4 Å². The second-order valence-corrected chi connectivity index (χ2v) is 6.62. The van der Waals surface area contributed by atoms with E-state index in [4.69, 9.17) is 5.21 Å². The predicted octanol–water partition coefficient (Wildman–Crippen LogP) is 3.54. The smallest absolute Gasteiger partial charge is 0.293 e. The number of hydrogen-bond donors (Lipinski definition) is 3. The van der Waals surface area contributed by atoms with Crippen LogP contribution in [-0.2, 0) is 11.0 Å². The Morgan fingerprint density at radius 1 is 1.23 bits per heavy atom. The summed E-state index contributed by atoms with van der Waals surface area (Å²) in [4.78, 5) is 15.4. The van der Waals surface area contributed by atoms with Crippen LogP contribution in [0.5, 0.6) is 0 Å². The van der Waals surface area contributed by atoms with Crippen LogP contribution in [0.3, 0.4) is 0 Å². The van der Waals surface area contributed by atoms with Crippen molar-refractivity contribution >= 4 is 22.6 Å². The van der Waals surface area contributed by atoms with Crippen molar-refractivity contribution < 1.29 is 14.2 Å². The highest BCUT2D eigenvalue weighted by Gasteiger charge is 2.22. The number of pyridine rings is 1. The van der Waals surface area contributed by atoms with E-state index < -0.39 is 16.9 Å². The average Bonchev–Trinajstić information content (AvgIpc) is 2.68. The molecule has 0 fully saturated rings. The van der Waals surface area contributed by atoms with Crippen LogP contribution < -0.4 is 10.2 Å². The molecule has 2 aromatic rings. The summed E-state index contributed by atoms with van der Waals surface area (Å²) in [6, 6.07) is 12.6. The maximum absolute atomic E-state index is 13.1. The largest absolute Gasteiger partial charge is 0.304 e. The van der Waals surface area contributed by atoms with Gasteiger partial charge in [0, 0.05) is 6.20 Å². The third-order valence-corrected chi connectivity index (χ3v) is 5.03. The quantitative estimate of drug-likeness (QED) is 0.394. The number of benzene rings is 1. The van der Waals surface area contributed by atoms with Gasteiger partial charge in [-0.05, 0) is 37.1 Å². The molecule has 0 saturated heterocycles. The van der Waals surface area contributed by atoms with Gasteiger partial charge in [-0.25, -0.2) is 9.69 Å². The number of rotatable bonds is 7. The fraction of sp³-hybridized carbons (Fsp3) is 0.158. The molecule has 1 heterocycles. The number of hydroxylamine groups is 1. The molecule has 0 aliphatic carbocycles. The van der Waals surface area contributed by atoms with Crippen molar-refractivity contribution in [2.45, 2.75) is 19.1 Å². The molecule has 2 unspecified atom stereocenters. The van der Waals surface area contributed by atoms with Gasteiger partial charge >= 0.3 is 0 Å². The summed E-state index contributed by atoms with van der Waals surface area (Å²) in [5.74, 6) is -0.734. The molecule has 26 heavy (non-hydrogen) atoms. The van der Waals surface area contributed by atoms with Crippen LogP contribution >= 0.6 is 0 Å². The normalized spacial score (nSPS) is 14.0. The molecule has 0 bridgehead atoms. The second kappa shape index (κ2) is 9.65. The fourth-order valence-corrected chi connectivity index (χ4v) is 3.79. The molecule has 0 spiro atoms. The molecule has 3 N–H and O–H groups in total. The first-order chi connectivity index (χ1) is 12.6. The molecular formula is C19H21N3O3S. The molecule has 1 aromatic heterocycles. The summed E-state index contributed by atoms with van der Waals surface area (Å²) < 4.78 is 16.0. The van der Waals surface area contributed by atoms with E-state index in [0.29, 0.717) is 5.69 Å². The number of amides is 1. The number of anilines is 1. The van der Waals surface area contributed by atoms with Gasteiger partial charge in [-0.1, -0.05) is 48.6 Å². The van der Waals surface area contributed by atoms with Crippen molar-refractivity contribution in [1.29, 1.82) is 0 Å². The van der Waals surface area contributed by atoms with Gasteiger partial charge in [0.2, 0.25) is 0 Å². The average molecular weight is 371 g/mol. The number of nitrogens with zero attached hydrogens (tertiary/aromatic N) is 1. The minimum Gasteiger partial charge on any atom is -0.304 e. The Morgan fingerprint density at radius 2 is 1.96 bits per heavy atom. The Bertz CT molecular complexity index is 835. The number of carbonyl (C=O) groups excluding carboxylic acids is 1. The van der Waals surface area contributed by atoms with Crippen molar-refractivity contribution in [3.05, 3.63) is 83.7 Å². The van der Waals surface area contributed by atoms with Crippen LogP contribution in [0.25, 0.3) is 0 Å². The van der Waals surface area contributed by atoms with Gasteiger partial charge < -0.3 is 4.72 Å². The second-order valence-electron chi connectivity index (χ2n) is 5.35. The topological polar surface area (TPSA) is 91.3 Å². The lowest BCUT2D eigenvalue weighted by Crippen LogP contribution is -2.20. The van der Waals surface area contributed by atoms with Crippen LogP contribution in [0, 0.1) is 0 Å². The predicted molar refractivity (Wildman–Crippen MR) is 103 cm³/mol. The van der Waals surface area contributed by atoms with Crippen LogP contribution in [-0.4, -0.2) is 20.3 Å². The van der Waals surface area contributed by atoms with Gasteiger partial charge in [-0.2, -0.15) is 0 Å². The highest BCUT2D eigenvalue weighted by atomic mass is 32.2. The summed E-state index contributed by atoms with van der Waals surface area (Å²) in [5, 5.41) is 8.34. The molecule has 136 valence electrons. The molecule has 7 heteroatoms. The Hall–Kier alpha value is -2.77. The van der Waals surface area contributed by atoms with Gasteiger partial charge in [0.25, 0.3) is 5.91 Å². The Balaban J connectivity index is 2.34. The zero-order valence-electron chi connectivity index (χ0n) is 14.5. The molecular weight excluding hydrogens is 350 g/mol. The first-order valence-corrected chi connectivity index (χ1v) is 9.23. The molecule has 6 nitrogen and oxygen atoms in total. The van der Waals surface area contributed by atoms with Crippen molar-refractivity contribution in [2.24, 2.45) is 0 Å². The van der Waals surface area contributed by atoms with Crippen LogP contribution in [0.15, 0.2) is 72.5 Å². The number of carbonyl (C=O) groups is 1. The SMILES string of the molecule is C/C=C\C(=C/C)C(c1ccccc1)S(=O)Nc1ccnc(C(=O)NO)c1. The van der Waals surface area contributed by atoms with Crippen molar-refractivity contribution in [2.75, 3.05) is 4.72 Å². The van der Waals surface area contributed by atoms with E-state index in [2.05, 4.69) is 9.71 Å². The van der Waals surface area contributed by atoms with E-state index in [0.717, 1.165) is 11.1 Å². The van der Waals surface area contributed by atoms with E-state index in [1.165, 1.54) is 17.7 Å². The van der Waals surface area contributed by atoms with Gasteiger partial charge in [0.05, 0.1) is 5.69 Å². The van der Waals surface area contributed by atoms with Gasteiger partial charge in [-0.15, -0.1) is 0 Å². The molecule has 1 aromatic carbocycles. The molecule has 0 aliphatic heterocycles. The van der Waals surface area contributed by atoms with Crippen molar-refractivity contribution in [3.8, 4) is 0 Å². The Labute approximate surface area is 155 Å². The number of allylic oxidation sites excluding steroid dienone is 3. The maximum Gasteiger partial charge on any atom is 0.293 e. The fourth-order valence-electron chi connectivity index (χ4n) is 2.45. The van der Waals surface area contributed by atoms with Gasteiger partial charge in [-0.3, -0.25) is 15.0 Å². The standard InChI is InChI=1S/C19H21N3O3S/c1-3-8-14(4-2)18(15-9-6-5-7-10-15)26(25)22-16-11-12-20-17(13-16)19(23)21-24/h3-13,18,24H,1-2H3,(H,20,22)(H,21,23)/b8-3-,14-4+. The van der Waals surface area contributed by atoms with Crippen molar-refractivity contribution in [1.82, 2.24) is 10.5 Å². The maximum atomic E-state index is 13.1. The first kappa shape index (κ1) is 19.6. The van der Waals surface area contributed by atoms with E-state index in [9.17, 15) is 9.00 Å². The highest BCUT2D eigenvalue weighted by Crippen LogP contribution is 2.30. The van der Waals surface area contributed by atoms with Crippen molar-refractivity contribution in [3.63, 3.8) is 0 Å². The number of nitrogens with one attached hydrogen (secondary N) is 2. The van der Waals surface area contributed by atoms with Gasteiger partial charge in [0.1, 0.15) is 21.9 Å².